The first kappa shape index (κ1) is 23.7. The number of benzene rings is 1. The van der Waals surface area contributed by atoms with Crippen LogP contribution >= 0.6 is 0 Å². The van der Waals surface area contributed by atoms with Crippen molar-refractivity contribution in [3.63, 3.8) is 0 Å². The molecule has 4 aliphatic carbocycles. The van der Waals surface area contributed by atoms with Crippen molar-refractivity contribution in [1.82, 2.24) is 0 Å². The first-order valence-corrected chi connectivity index (χ1v) is 12.8. The number of fused-ring (bicyclic) bond motifs is 5. The lowest BCUT2D eigenvalue weighted by molar-refractivity contribution is -0.232. The van der Waals surface area contributed by atoms with Gasteiger partial charge in [0.1, 0.15) is 5.60 Å². The summed E-state index contributed by atoms with van der Waals surface area (Å²) in [7, 11) is 0. The van der Waals surface area contributed by atoms with Gasteiger partial charge in [0.05, 0.1) is 18.2 Å². The fraction of sp³-hybridized carbons (Fsp3) is 0.655. The number of hydrogen-bond acceptors (Lipinski definition) is 5. The number of hydrogen-bond donors (Lipinski definition) is 2. The molecular formula is C29H37NO4. The molecule has 0 amide bonds. The maximum Gasteiger partial charge on any atom is 0.169 e. The van der Waals surface area contributed by atoms with Crippen molar-refractivity contribution in [2.75, 3.05) is 0 Å². The van der Waals surface area contributed by atoms with Crippen LogP contribution < -0.4 is 0 Å². The Kier molecular flexibility index (Phi) is 5.59. The molecule has 5 nitrogen and oxygen atoms in total. The minimum Gasteiger partial charge on any atom is -0.382 e. The number of ketones is 1. The van der Waals surface area contributed by atoms with Crippen molar-refractivity contribution >= 4 is 5.78 Å². The SMILES string of the molecule is CC(=O)C1(O)CCC2C3CC=C4CC(O)(OCc5ccc(C#N)cc5)CCC4(C)C3CCC21C. The number of aliphatic hydroxyl groups is 2. The Balaban J connectivity index is 1.33. The number of nitrogens with zero attached hydrogens (tertiary/aromatic N) is 1. The first-order chi connectivity index (χ1) is 16.0. The molecule has 0 radical (unpaired) electrons. The Morgan fingerprint density at radius 3 is 2.47 bits per heavy atom. The van der Waals surface area contributed by atoms with Crippen molar-refractivity contribution in [3.05, 3.63) is 47.0 Å². The van der Waals surface area contributed by atoms with Crippen molar-refractivity contribution in [2.45, 2.75) is 90.1 Å². The Labute approximate surface area is 202 Å². The number of Topliss-reactive ketones (excluding diaryl/α,β-unsaturated/α-hetero) is 1. The molecule has 7 unspecified atom stereocenters. The van der Waals surface area contributed by atoms with E-state index in [0.717, 1.165) is 37.7 Å². The van der Waals surface area contributed by atoms with Crippen molar-refractivity contribution in [3.8, 4) is 6.07 Å². The van der Waals surface area contributed by atoms with E-state index < -0.39 is 11.4 Å². The highest BCUT2D eigenvalue weighted by molar-refractivity contribution is 5.86. The molecule has 3 fully saturated rings. The van der Waals surface area contributed by atoms with Crippen molar-refractivity contribution in [2.24, 2.45) is 28.6 Å². The second kappa shape index (κ2) is 8.01. The maximum atomic E-state index is 12.4. The van der Waals surface area contributed by atoms with E-state index in [1.165, 1.54) is 5.57 Å². The summed E-state index contributed by atoms with van der Waals surface area (Å²) in [5, 5.41) is 31.6. The fourth-order valence-corrected chi connectivity index (χ4v) is 8.23. The van der Waals surface area contributed by atoms with Gasteiger partial charge in [-0.1, -0.05) is 37.6 Å². The summed E-state index contributed by atoms with van der Waals surface area (Å²) in [5.41, 5.74) is 1.40. The first-order valence-electron chi connectivity index (χ1n) is 12.8. The van der Waals surface area contributed by atoms with Crippen LogP contribution in [-0.4, -0.2) is 27.4 Å². The van der Waals surface area contributed by atoms with Crippen molar-refractivity contribution < 1.29 is 19.7 Å². The van der Waals surface area contributed by atoms with Gasteiger partial charge in [0, 0.05) is 18.3 Å². The average molecular weight is 464 g/mol. The fourth-order valence-electron chi connectivity index (χ4n) is 8.23. The lowest BCUT2D eigenvalue weighted by Gasteiger charge is -2.59. The lowest BCUT2D eigenvalue weighted by atomic mass is 9.46. The highest BCUT2D eigenvalue weighted by Gasteiger charge is 2.65. The summed E-state index contributed by atoms with van der Waals surface area (Å²) >= 11 is 0. The summed E-state index contributed by atoms with van der Waals surface area (Å²) in [6, 6.07) is 9.43. The third-order valence-electron chi connectivity index (χ3n) is 10.5. The van der Waals surface area contributed by atoms with Gasteiger partial charge in [-0.2, -0.15) is 5.26 Å². The predicted octanol–water partition coefficient (Wildman–Crippen LogP) is 5.05. The Hall–Kier alpha value is -2.00. The molecule has 3 saturated carbocycles. The number of allylic oxidation sites excluding steroid dienone is 1. The summed E-state index contributed by atoms with van der Waals surface area (Å²) in [6.07, 6.45) is 8.71. The zero-order chi connectivity index (χ0) is 24.4. The van der Waals surface area contributed by atoms with Crippen LogP contribution in [0.15, 0.2) is 35.9 Å². The Morgan fingerprint density at radius 1 is 1.09 bits per heavy atom. The van der Waals surface area contributed by atoms with E-state index in [1.54, 1.807) is 19.1 Å². The van der Waals surface area contributed by atoms with Gasteiger partial charge in [-0.3, -0.25) is 4.79 Å². The molecule has 34 heavy (non-hydrogen) atoms. The molecule has 1 aromatic rings. The van der Waals surface area contributed by atoms with E-state index in [2.05, 4.69) is 26.0 Å². The van der Waals surface area contributed by atoms with E-state index in [1.807, 2.05) is 12.1 Å². The van der Waals surface area contributed by atoms with E-state index in [9.17, 15) is 15.0 Å². The molecule has 2 N–H and O–H groups in total. The van der Waals surface area contributed by atoms with Crippen LogP contribution in [-0.2, 0) is 16.1 Å². The standard InChI is InChI=1S/C29H37NO4/c1-19(31)29(33)13-11-25-23-9-8-22-16-28(32,34-18-21-6-4-20(17-30)5-7-21)15-14-26(22,2)24(23)10-12-27(25,29)3/h4-8,23-25,32-33H,9-16,18H2,1-3H3. The predicted molar refractivity (Wildman–Crippen MR) is 128 cm³/mol. The molecule has 0 heterocycles. The van der Waals surface area contributed by atoms with Crippen LogP contribution in [0.25, 0.3) is 0 Å². The molecule has 0 saturated heterocycles. The van der Waals surface area contributed by atoms with Gasteiger partial charge in [-0.05, 0) is 86.3 Å². The molecular weight excluding hydrogens is 426 g/mol. The number of ether oxygens (including phenoxy) is 1. The third kappa shape index (κ3) is 3.41. The molecule has 0 bridgehead atoms. The van der Waals surface area contributed by atoms with Crippen LogP contribution in [0.2, 0.25) is 0 Å². The average Bonchev–Trinajstić information content (AvgIpc) is 3.11. The molecule has 182 valence electrons. The second-order valence-corrected chi connectivity index (χ2v) is 11.9. The van der Waals surface area contributed by atoms with E-state index >= 15 is 0 Å². The highest BCUT2D eigenvalue weighted by Crippen LogP contribution is 2.67. The Bertz CT molecular complexity index is 1060. The number of carbonyl (C=O) groups excluding carboxylic acids is 1. The van der Waals surface area contributed by atoms with Gasteiger partial charge in [-0.25, -0.2) is 0 Å². The van der Waals surface area contributed by atoms with Gasteiger partial charge in [0.2, 0.25) is 0 Å². The minimum atomic E-state index is -1.18. The van der Waals surface area contributed by atoms with E-state index in [0.29, 0.717) is 49.2 Å². The van der Waals surface area contributed by atoms with E-state index in [-0.39, 0.29) is 16.6 Å². The van der Waals surface area contributed by atoms with Gasteiger partial charge >= 0.3 is 0 Å². The largest absolute Gasteiger partial charge is 0.382 e. The quantitative estimate of drug-likeness (QED) is 0.482. The van der Waals surface area contributed by atoms with Crippen LogP contribution in [0.4, 0.5) is 0 Å². The zero-order valence-corrected chi connectivity index (χ0v) is 20.6. The van der Waals surface area contributed by atoms with Crippen molar-refractivity contribution in [1.29, 1.82) is 5.26 Å². The van der Waals surface area contributed by atoms with Crippen LogP contribution in [0, 0.1) is 39.9 Å². The van der Waals surface area contributed by atoms with Gasteiger partial charge in [0.15, 0.2) is 11.6 Å². The summed E-state index contributed by atoms with van der Waals surface area (Å²) in [5.74, 6) is 0.117. The monoisotopic (exact) mass is 463 g/mol. The lowest BCUT2D eigenvalue weighted by Crippen LogP contribution is -2.57. The smallest absolute Gasteiger partial charge is 0.169 e. The molecule has 5 rings (SSSR count). The summed E-state index contributed by atoms with van der Waals surface area (Å²) in [6.45, 7) is 6.40. The Morgan fingerprint density at radius 2 is 1.79 bits per heavy atom. The topological polar surface area (TPSA) is 90.6 Å². The molecule has 5 heteroatoms. The third-order valence-corrected chi connectivity index (χ3v) is 10.5. The zero-order valence-electron chi connectivity index (χ0n) is 20.6. The van der Waals surface area contributed by atoms with Gasteiger partial charge in [-0.15, -0.1) is 0 Å². The second-order valence-electron chi connectivity index (χ2n) is 11.9. The molecule has 1 aromatic carbocycles. The molecule has 7 atom stereocenters. The summed E-state index contributed by atoms with van der Waals surface area (Å²) < 4.78 is 6.06. The van der Waals surface area contributed by atoms with Crippen LogP contribution in [0.3, 0.4) is 0 Å². The molecule has 0 spiro atoms. The molecule has 0 aliphatic heterocycles. The number of nitriles is 1. The minimum absolute atomic E-state index is 0.0329. The maximum absolute atomic E-state index is 12.4. The van der Waals surface area contributed by atoms with Crippen LogP contribution in [0.1, 0.15) is 83.3 Å². The highest BCUT2D eigenvalue weighted by atomic mass is 16.6. The molecule has 0 aromatic heterocycles. The number of carbonyl (C=O) groups is 1. The van der Waals surface area contributed by atoms with Gasteiger partial charge in [0.25, 0.3) is 0 Å². The van der Waals surface area contributed by atoms with Gasteiger partial charge < -0.3 is 14.9 Å². The summed E-state index contributed by atoms with van der Waals surface area (Å²) in [4.78, 5) is 12.4. The van der Waals surface area contributed by atoms with E-state index in [4.69, 9.17) is 10.00 Å². The number of rotatable bonds is 4. The molecule has 4 aliphatic rings. The normalized spacial score (nSPS) is 43.2. The van der Waals surface area contributed by atoms with Crippen LogP contribution in [0.5, 0.6) is 0 Å².